The van der Waals surface area contributed by atoms with E-state index in [1.165, 1.54) is 0 Å². The molecular formula is C13H11BrClNO2. The summed E-state index contributed by atoms with van der Waals surface area (Å²) in [6, 6.07) is 10.7. The van der Waals surface area contributed by atoms with Gasteiger partial charge in [0.2, 0.25) is 11.8 Å². The van der Waals surface area contributed by atoms with Crippen LogP contribution in [0, 0.1) is 0 Å². The van der Waals surface area contributed by atoms with Gasteiger partial charge in [0, 0.05) is 16.6 Å². The fourth-order valence-corrected chi connectivity index (χ4v) is 1.85. The van der Waals surface area contributed by atoms with E-state index < -0.39 is 0 Å². The van der Waals surface area contributed by atoms with Crippen LogP contribution in [-0.2, 0) is 0 Å². The first-order valence-corrected chi connectivity index (χ1v) is 6.59. The van der Waals surface area contributed by atoms with Crippen molar-refractivity contribution < 1.29 is 9.47 Å². The quantitative estimate of drug-likeness (QED) is 0.816. The van der Waals surface area contributed by atoms with Crippen LogP contribution in [0.2, 0.25) is 5.02 Å². The van der Waals surface area contributed by atoms with Crippen LogP contribution in [0.1, 0.15) is 6.92 Å². The first-order chi connectivity index (χ1) is 8.69. The molecule has 5 heteroatoms. The molecule has 0 aliphatic carbocycles. The third-order valence-electron chi connectivity index (χ3n) is 2.10. The minimum Gasteiger partial charge on any atom is -0.478 e. The number of hydrogen-bond acceptors (Lipinski definition) is 3. The summed E-state index contributed by atoms with van der Waals surface area (Å²) in [5.41, 5.74) is 0. The molecule has 3 nitrogen and oxygen atoms in total. The van der Waals surface area contributed by atoms with Gasteiger partial charge in [-0.05, 0) is 25.1 Å². The van der Waals surface area contributed by atoms with Crippen molar-refractivity contribution in [1.82, 2.24) is 4.98 Å². The van der Waals surface area contributed by atoms with Crippen molar-refractivity contribution in [1.29, 1.82) is 0 Å². The topological polar surface area (TPSA) is 31.4 Å². The van der Waals surface area contributed by atoms with Gasteiger partial charge in [0.05, 0.1) is 11.6 Å². The Bertz CT molecular complexity index is 548. The Labute approximate surface area is 119 Å². The maximum absolute atomic E-state index is 6.04. The molecule has 0 saturated carbocycles. The molecule has 1 heterocycles. The molecule has 94 valence electrons. The van der Waals surface area contributed by atoms with Gasteiger partial charge in [-0.15, -0.1) is 0 Å². The third-order valence-corrected chi connectivity index (χ3v) is 2.90. The SMILES string of the molecule is CCOc1cccc(Oc2cc(Br)ccc2Cl)n1. The van der Waals surface area contributed by atoms with Crippen LogP contribution in [0.25, 0.3) is 0 Å². The number of ether oxygens (including phenoxy) is 2. The van der Waals surface area contributed by atoms with Gasteiger partial charge in [-0.1, -0.05) is 33.6 Å². The third kappa shape index (κ3) is 3.37. The molecule has 2 aromatic rings. The van der Waals surface area contributed by atoms with E-state index in [4.69, 9.17) is 21.1 Å². The highest BCUT2D eigenvalue weighted by molar-refractivity contribution is 9.10. The smallest absolute Gasteiger partial charge is 0.222 e. The molecule has 0 amide bonds. The lowest BCUT2D eigenvalue weighted by atomic mass is 10.3. The summed E-state index contributed by atoms with van der Waals surface area (Å²) in [6.07, 6.45) is 0. The summed E-state index contributed by atoms with van der Waals surface area (Å²) in [5.74, 6) is 1.52. The predicted octanol–water partition coefficient (Wildman–Crippen LogP) is 4.69. The van der Waals surface area contributed by atoms with Crippen molar-refractivity contribution in [3.63, 3.8) is 0 Å². The van der Waals surface area contributed by atoms with Crippen molar-refractivity contribution in [3.05, 3.63) is 45.9 Å². The molecule has 0 unspecified atom stereocenters. The largest absolute Gasteiger partial charge is 0.478 e. The van der Waals surface area contributed by atoms with Crippen LogP contribution in [0.4, 0.5) is 0 Å². The monoisotopic (exact) mass is 327 g/mol. The average molecular weight is 329 g/mol. The normalized spacial score (nSPS) is 10.2. The van der Waals surface area contributed by atoms with E-state index in [0.29, 0.717) is 29.1 Å². The molecular weight excluding hydrogens is 318 g/mol. The van der Waals surface area contributed by atoms with E-state index in [-0.39, 0.29) is 0 Å². The zero-order valence-corrected chi connectivity index (χ0v) is 12.0. The van der Waals surface area contributed by atoms with Gasteiger partial charge in [-0.3, -0.25) is 0 Å². The average Bonchev–Trinajstić information content (AvgIpc) is 2.35. The first-order valence-electron chi connectivity index (χ1n) is 5.42. The number of hydrogen-bond donors (Lipinski definition) is 0. The highest BCUT2D eigenvalue weighted by atomic mass is 79.9. The zero-order valence-electron chi connectivity index (χ0n) is 9.69. The predicted molar refractivity (Wildman–Crippen MR) is 74.6 cm³/mol. The van der Waals surface area contributed by atoms with Crippen LogP contribution < -0.4 is 9.47 Å². The summed E-state index contributed by atoms with van der Waals surface area (Å²) in [5, 5.41) is 0.529. The number of aromatic nitrogens is 1. The molecule has 0 aliphatic heterocycles. The Morgan fingerprint density at radius 3 is 2.78 bits per heavy atom. The maximum Gasteiger partial charge on any atom is 0.222 e. The van der Waals surface area contributed by atoms with Gasteiger partial charge in [0.25, 0.3) is 0 Å². The lowest BCUT2D eigenvalue weighted by Crippen LogP contribution is -1.95. The molecule has 0 aliphatic rings. The Balaban J connectivity index is 2.22. The van der Waals surface area contributed by atoms with Gasteiger partial charge in [-0.2, -0.15) is 4.98 Å². The molecule has 0 fully saturated rings. The van der Waals surface area contributed by atoms with Crippen LogP contribution in [-0.4, -0.2) is 11.6 Å². The van der Waals surface area contributed by atoms with Crippen LogP contribution in [0.5, 0.6) is 17.5 Å². The zero-order chi connectivity index (χ0) is 13.0. The Morgan fingerprint density at radius 2 is 2.00 bits per heavy atom. The second-order valence-electron chi connectivity index (χ2n) is 3.42. The van der Waals surface area contributed by atoms with Gasteiger partial charge in [0.1, 0.15) is 5.75 Å². The number of rotatable bonds is 4. The highest BCUT2D eigenvalue weighted by Gasteiger charge is 2.06. The standard InChI is InChI=1S/C13H11BrClNO2/c1-2-17-12-4-3-5-13(16-12)18-11-8-9(14)6-7-10(11)15/h3-8H,2H2,1H3. The first kappa shape index (κ1) is 13.2. The molecule has 1 aromatic carbocycles. The number of benzene rings is 1. The molecule has 0 spiro atoms. The van der Waals surface area contributed by atoms with E-state index in [1.54, 1.807) is 24.3 Å². The maximum atomic E-state index is 6.04. The summed E-state index contributed by atoms with van der Waals surface area (Å²) in [6.45, 7) is 2.47. The Kier molecular flexibility index (Phi) is 4.44. The Hall–Kier alpha value is -1.26. The van der Waals surface area contributed by atoms with E-state index in [1.807, 2.05) is 19.1 Å². The summed E-state index contributed by atoms with van der Waals surface area (Å²) >= 11 is 9.41. The minimum absolute atomic E-state index is 0.445. The molecule has 0 saturated heterocycles. The lowest BCUT2D eigenvalue weighted by Gasteiger charge is -2.08. The van der Waals surface area contributed by atoms with E-state index in [2.05, 4.69) is 20.9 Å². The highest BCUT2D eigenvalue weighted by Crippen LogP contribution is 2.31. The minimum atomic E-state index is 0.445. The van der Waals surface area contributed by atoms with E-state index in [0.717, 1.165) is 4.47 Å². The Morgan fingerprint density at radius 1 is 1.22 bits per heavy atom. The fourth-order valence-electron chi connectivity index (χ4n) is 1.35. The van der Waals surface area contributed by atoms with Crippen LogP contribution in [0.3, 0.4) is 0 Å². The van der Waals surface area contributed by atoms with Gasteiger partial charge in [0.15, 0.2) is 0 Å². The van der Waals surface area contributed by atoms with Gasteiger partial charge < -0.3 is 9.47 Å². The summed E-state index contributed by atoms with van der Waals surface area (Å²) < 4.78 is 11.8. The summed E-state index contributed by atoms with van der Waals surface area (Å²) in [7, 11) is 0. The van der Waals surface area contributed by atoms with Crippen LogP contribution in [0.15, 0.2) is 40.9 Å². The van der Waals surface area contributed by atoms with Crippen molar-refractivity contribution in [3.8, 4) is 17.5 Å². The van der Waals surface area contributed by atoms with Crippen molar-refractivity contribution >= 4 is 27.5 Å². The molecule has 0 radical (unpaired) electrons. The molecule has 0 atom stereocenters. The summed E-state index contributed by atoms with van der Waals surface area (Å²) in [4.78, 5) is 4.21. The van der Waals surface area contributed by atoms with Crippen molar-refractivity contribution in [2.75, 3.05) is 6.61 Å². The molecule has 2 rings (SSSR count). The lowest BCUT2D eigenvalue weighted by molar-refractivity contribution is 0.321. The van der Waals surface area contributed by atoms with Gasteiger partial charge in [-0.25, -0.2) is 0 Å². The number of halogens is 2. The number of pyridine rings is 1. The molecule has 18 heavy (non-hydrogen) atoms. The number of nitrogens with zero attached hydrogens (tertiary/aromatic N) is 1. The van der Waals surface area contributed by atoms with Gasteiger partial charge >= 0.3 is 0 Å². The molecule has 1 aromatic heterocycles. The second kappa shape index (κ2) is 6.07. The second-order valence-corrected chi connectivity index (χ2v) is 4.75. The molecule has 0 bridgehead atoms. The van der Waals surface area contributed by atoms with E-state index >= 15 is 0 Å². The van der Waals surface area contributed by atoms with Crippen molar-refractivity contribution in [2.45, 2.75) is 6.92 Å². The van der Waals surface area contributed by atoms with Crippen LogP contribution >= 0.6 is 27.5 Å². The van der Waals surface area contributed by atoms with Crippen molar-refractivity contribution in [2.24, 2.45) is 0 Å². The fraction of sp³-hybridized carbons (Fsp3) is 0.154. The van der Waals surface area contributed by atoms with E-state index in [9.17, 15) is 0 Å². The molecule has 0 N–H and O–H groups in total.